The van der Waals surface area contributed by atoms with E-state index in [1.54, 1.807) is 0 Å². The van der Waals surface area contributed by atoms with Crippen LogP contribution in [0.25, 0.3) is 0 Å². The minimum atomic E-state index is 0.458. The molecule has 106 valence electrons. The highest BCUT2D eigenvalue weighted by molar-refractivity contribution is 5.14. The fraction of sp³-hybridized carbons (Fsp3) is 0.625. The molecule has 1 fully saturated rings. The Morgan fingerprint density at radius 2 is 1.89 bits per heavy atom. The second kappa shape index (κ2) is 8.31. The van der Waals surface area contributed by atoms with Crippen molar-refractivity contribution < 1.29 is 4.74 Å². The summed E-state index contributed by atoms with van der Waals surface area (Å²) in [6, 6.07) is 10.7. The van der Waals surface area contributed by atoms with Gasteiger partial charge in [0.25, 0.3) is 0 Å². The lowest BCUT2D eigenvalue weighted by Gasteiger charge is -2.31. The van der Waals surface area contributed by atoms with E-state index in [0.29, 0.717) is 6.10 Å². The fourth-order valence-corrected chi connectivity index (χ4v) is 2.56. The van der Waals surface area contributed by atoms with Crippen molar-refractivity contribution in [2.45, 2.75) is 31.8 Å². The monoisotopic (exact) mass is 262 g/mol. The van der Waals surface area contributed by atoms with Crippen molar-refractivity contribution in [1.29, 1.82) is 0 Å². The van der Waals surface area contributed by atoms with Gasteiger partial charge in [-0.2, -0.15) is 0 Å². The van der Waals surface area contributed by atoms with Gasteiger partial charge in [-0.25, -0.2) is 0 Å². The molecule has 2 N–H and O–H groups in total. The van der Waals surface area contributed by atoms with Crippen molar-refractivity contribution in [2.24, 2.45) is 5.73 Å². The highest BCUT2D eigenvalue weighted by atomic mass is 16.5. The van der Waals surface area contributed by atoms with Gasteiger partial charge in [-0.3, -0.25) is 0 Å². The standard InChI is InChI=1S/C16H26N2O/c17-10-4-14-19-16-8-12-18(13-9-16)11-7-15-5-2-1-3-6-15/h1-3,5-6,16H,4,7-14,17H2. The average Bonchev–Trinajstić information content (AvgIpc) is 2.48. The third-order valence-electron chi connectivity index (χ3n) is 3.80. The SMILES string of the molecule is NCCCOC1CCN(CCc2ccccc2)CC1. The molecule has 0 atom stereocenters. The zero-order valence-electron chi connectivity index (χ0n) is 11.8. The number of nitrogens with zero attached hydrogens (tertiary/aromatic N) is 1. The van der Waals surface area contributed by atoms with E-state index in [0.717, 1.165) is 26.0 Å². The van der Waals surface area contributed by atoms with Crippen molar-refractivity contribution in [2.75, 3.05) is 32.8 Å². The van der Waals surface area contributed by atoms with Crippen LogP contribution >= 0.6 is 0 Å². The molecule has 1 aromatic carbocycles. The second-order valence-electron chi connectivity index (χ2n) is 5.29. The van der Waals surface area contributed by atoms with Crippen LogP contribution in [-0.2, 0) is 11.2 Å². The van der Waals surface area contributed by atoms with E-state index < -0.39 is 0 Å². The molecule has 0 aromatic heterocycles. The number of likely N-dealkylation sites (tertiary alicyclic amines) is 1. The van der Waals surface area contributed by atoms with E-state index in [-0.39, 0.29) is 0 Å². The third kappa shape index (κ3) is 5.31. The van der Waals surface area contributed by atoms with E-state index in [4.69, 9.17) is 10.5 Å². The molecule has 1 saturated heterocycles. The highest BCUT2D eigenvalue weighted by Crippen LogP contribution is 2.14. The number of rotatable bonds is 7. The first-order valence-corrected chi connectivity index (χ1v) is 7.46. The topological polar surface area (TPSA) is 38.5 Å². The number of piperidine rings is 1. The summed E-state index contributed by atoms with van der Waals surface area (Å²) in [5.41, 5.74) is 6.91. The lowest BCUT2D eigenvalue weighted by molar-refractivity contribution is 0.00752. The summed E-state index contributed by atoms with van der Waals surface area (Å²) < 4.78 is 5.83. The maximum atomic E-state index is 5.83. The predicted molar refractivity (Wildman–Crippen MR) is 79.2 cm³/mol. The molecule has 0 amide bonds. The maximum Gasteiger partial charge on any atom is 0.0599 e. The molecule has 3 nitrogen and oxygen atoms in total. The van der Waals surface area contributed by atoms with E-state index in [2.05, 4.69) is 35.2 Å². The van der Waals surface area contributed by atoms with E-state index in [1.165, 1.54) is 38.0 Å². The Kier molecular flexibility index (Phi) is 6.34. The molecule has 19 heavy (non-hydrogen) atoms. The molecule has 0 unspecified atom stereocenters. The molecule has 0 spiro atoms. The van der Waals surface area contributed by atoms with Crippen LogP contribution in [0.2, 0.25) is 0 Å². The maximum absolute atomic E-state index is 5.83. The van der Waals surface area contributed by atoms with E-state index in [1.807, 2.05) is 0 Å². The van der Waals surface area contributed by atoms with Crippen molar-refractivity contribution in [3.63, 3.8) is 0 Å². The summed E-state index contributed by atoms with van der Waals surface area (Å²) in [4.78, 5) is 2.55. The highest BCUT2D eigenvalue weighted by Gasteiger charge is 2.18. The Labute approximate surface area is 116 Å². The predicted octanol–water partition coefficient (Wildman–Crippen LogP) is 2.06. The number of nitrogens with two attached hydrogens (primary N) is 1. The Morgan fingerprint density at radius 3 is 2.58 bits per heavy atom. The van der Waals surface area contributed by atoms with Crippen molar-refractivity contribution >= 4 is 0 Å². The Morgan fingerprint density at radius 1 is 1.16 bits per heavy atom. The van der Waals surface area contributed by atoms with Gasteiger partial charge in [0.05, 0.1) is 6.10 Å². The first kappa shape index (κ1) is 14.5. The molecule has 1 aliphatic rings. The van der Waals surface area contributed by atoms with E-state index >= 15 is 0 Å². The summed E-state index contributed by atoms with van der Waals surface area (Å²) in [5.74, 6) is 0. The fourth-order valence-electron chi connectivity index (χ4n) is 2.56. The van der Waals surface area contributed by atoms with Gasteiger partial charge in [-0.15, -0.1) is 0 Å². The first-order chi connectivity index (χ1) is 9.38. The number of hydrogen-bond acceptors (Lipinski definition) is 3. The van der Waals surface area contributed by atoms with Crippen LogP contribution in [0.5, 0.6) is 0 Å². The van der Waals surface area contributed by atoms with Gasteiger partial charge in [0.1, 0.15) is 0 Å². The Bertz CT molecular complexity index is 334. The second-order valence-corrected chi connectivity index (χ2v) is 5.29. The number of hydrogen-bond donors (Lipinski definition) is 1. The molecule has 3 heteroatoms. The molecule has 1 heterocycles. The zero-order valence-corrected chi connectivity index (χ0v) is 11.8. The molecule has 1 aliphatic heterocycles. The molecule has 0 aliphatic carbocycles. The van der Waals surface area contributed by atoms with Crippen LogP contribution in [-0.4, -0.2) is 43.8 Å². The third-order valence-corrected chi connectivity index (χ3v) is 3.80. The number of benzene rings is 1. The average molecular weight is 262 g/mol. The van der Waals surface area contributed by atoms with E-state index in [9.17, 15) is 0 Å². The molecular formula is C16H26N2O. The van der Waals surface area contributed by atoms with Gasteiger partial charge in [-0.05, 0) is 37.8 Å². The molecule has 1 aromatic rings. The smallest absolute Gasteiger partial charge is 0.0599 e. The van der Waals surface area contributed by atoms with Gasteiger partial charge in [0.2, 0.25) is 0 Å². The molecule has 0 radical (unpaired) electrons. The summed E-state index contributed by atoms with van der Waals surface area (Å²) in [6.45, 7) is 5.06. The van der Waals surface area contributed by atoms with Gasteiger partial charge >= 0.3 is 0 Å². The summed E-state index contributed by atoms with van der Waals surface area (Å²) >= 11 is 0. The largest absolute Gasteiger partial charge is 0.378 e. The minimum Gasteiger partial charge on any atom is -0.378 e. The quantitative estimate of drug-likeness (QED) is 0.764. The first-order valence-electron chi connectivity index (χ1n) is 7.46. The summed E-state index contributed by atoms with van der Waals surface area (Å²) in [5, 5.41) is 0. The van der Waals surface area contributed by atoms with Crippen LogP contribution in [0.1, 0.15) is 24.8 Å². The van der Waals surface area contributed by atoms with Crippen molar-refractivity contribution in [1.82, 2.24) is 4.90 Å². The van der Waals surface area contributed by atoms with Gasteiger partial charge in [-0.1, -0.05) is 30.3 Å². The van der Waals surface area contributed by atoms with Crippen LogP contribution in [0, 0.1) is 0 Å². The molecule has 2 rings (SSSR count). The van der Waals surface area contributed by atoms with Gasteiger partial charge < -0.3 is 15.4 Å². The van der Waals surface area contributed by atoms with Gasteiger partial charge in [0.15, 0.2) is 0 Å². The minimum absolute atomic E-state index is 0.458. The van der Waals surface area contributed by atoms with Crippen LogP contribution in [0.15, 0.2) is 30.3 Å². The summed E-state index contributed by atoms with van der Waals surface area (Å²) in [7, 11) is 0. The van der Waals surface area contributed by atoms with Crippen LogP contribution in [0.4, 0.5) is 0 Å². The zero-order chi connectivity index (χ0) is 13.3. The number of ether oxygens (including phenoxy) is 1. The van der Waals surface area contributed by atoms with Crippen LogP contribution in [0.3, 0.4) is 0 Å². The van der Waals surface area contributed by atoms with Crippen LogP contribution < -0.4 is 5.73 Å². The lowest BCUT2D eigenvalue weighted by Crippen LogP contribution is -2.38. The molecular weight excluding hydrogens is 236 g/mol. The molecule has 0 bridgehead atoms. The van der Waals surface area contributed by atoms with Crippen molar-refractivity contribution in [3.05, 3.63) is 35.9 Å². The molecule has 0 saturated carbocycles. The summed E-state index contributed by atoms with van der Waals surface area (Å²) in [6.07, 6.45) is 4.92. The van der Waals surface area contributed by atoms with Crippen molar-refractivity contribution in [3.8, 4) is 0 Å². The normalized spacial score (nSPS) is 17.7. The Balaban J connectivity index is 1.61. The Hall–Kier alpha value is -0.900. The lowest BCUT2D eigenvalue weighted by atomic mass is 10.1. The van der Waals surface area contributed by atoms with Gasteiger partial charge in [0, 0.05) is 26.2 Å².